The fraction of sp³-hybridized carbons (Fsp3) is 0.385. The van der Waals surface area contributed by atoms with Crippen molar-refractivity contribution in [1.29, 1.82) is 0 Å². The second-order valence-electron chi connectivity index (χ2n) is 3.65. The van der Waals surface area contributed by atoms with Gasteiger partial charge in [0.05, 0.1) is 7.11 Å². The summed E-state index contributed by atoms with van der Waals surface area (Å²) in [4.78, 5) is 0. The van der Waals surface area contributed by atoms with E-state index in [9.17, 15) is 0 Å². The van der Waals surface area contributed by atoms with Crippen LogP contribution in [0.25, 0.3) is 0 Å². The summed E-state index contributed by atoms with van der Waals surface area (Å²) in [5.41, 5.74) is 1.17. The highest BCUT2D eigenvalue weighted by Gasteiger charge is 2.11. The fourth-order valence-corrected chi connectivity index (χ4v) is 1.58. The van der Waals surface area contributed by atoms with Crippen LogP contribution in [-0.2, 0) is 0 Å². The van der Waals surface area contributed by atoms with E-state index >= 15 is 0 Å². The van der Waals surface area contributed by atoms with E-state index in [1.807, 2.05) is 24.3 Å². The van der Waals surface area contributed by atoms with Crippen molar-refractivity contribution in [3.63, 3.8) is 0 Å². The molecule has 0 fully saturated rings. The van der Waals surface area contributed by atoms with Gasteiger partial charge in [0.1, 0.15) is 5.75 Å². The minimum absolute atomic E-state index is 0.258. The number of benzene rings is 1. The largest absolute Gasteiger partial charge is 0.496 e. The van der Waals surface area contributed by atoms with Crippen LogP contribution in [-0.4, -0.2) is 13.2 Å². The molecule has 0 aromatic heterocycles. The predicted molar refractivity (Wildman–Crippen MR) is 64.2 cm³/mol. The molecule has 1 rings (SSSR count). The van der Waals surface area contributed by atoms with Gasteiger partial charge in [-0.1, -0.05) is 24.3 Å². The fourth-order valence-electron chi connectivity index (χ4n) is 1.58. The molecule has 1 aromatic carbocycles. The predicted octanol–water partition coefficient (Wildman–Crippen LogP) is 2.92. The third-order valence-electron chi connectivity index (χ3n) is 2.47. The lowest BCUT2D eigenvalue weighted by molar-refractivity contribution is 0.400. The van der Waals surface area contributed by atoms with Gasteiger partial charge in [0, 0.05) is 17.6 Å². The van der Waals surface area contributed by atoms with Crippen molar-refractivity contribution in [2.75, 3.05) is 7.11 Å². The zero-order valence-electron chi connectivity index (χ0n) is 9.66. The first-order valence-corrected chi connectivity index (χ1v) is 5.20. The van der Waals surface area contributed by atoms with Gasteiger partial charge >= 0.3 is 0 Å². The van der Waals surface area contributed by atoms with Crippen molar-refractivity contribution in [3.8, 4) is 5.75 Å². The Kier molecular flexibility index (Phi) is 4.37. The Balaban J connectivity index is 2.80. The van der Waals surface area contributed by atoms with E-state index in [0.717, 1.165) is 5.75 Å². The molecule has 0 bridgehead atoms. The molecule has 2 nitrogen and oxygen atoms in total. The number of rotatable bonds is 5. The molecule has 0 spiro atoms. The normalized spacial score (nSPS) is 14.3. The SMILES string of the molecule is C=CC(C)N[C@H](C)c1ccccc1OC. The number of ether oxygens (including phenoxy) is 1. The average Bonchev–Trinajstić information content (AvgIpc) is 2.28. The number of hydrogen-bond donors (Lipinski definition) is 1. The highest BCUT2D eigenvalue weighted by Crippen LogP contribution is 2.24. The molecular weight excluding hydrogens is 186 g/mol. The highest BCUT2D eigenvalue weighted by atomic mass is 16.5. The van der Waals surface area contributed by atoms with Gasteiger partial charge in [-0.2, -0.15) is 0 Å². The molecule has 2 heteroatoms. The minimum Gasteiger partial charge on any atom is -0.496 e. The van der Waals surface area contributed by atoms with Crippen molar-refractivity contribution >= 4 is 0 Å². The van der Waals surface area contributed by atoms with Crippen LogP contribution < -0.4 is 10.1 Å². The van der Waals surface area contributed by atoms with Gasteiger partial charge in [-0.05, 0) is 19.9 Å². The monoisotopic (exact) mass is 205 g/mol. The van der Waals surface area contributed by atoms with Gasteiger partial charge in [0.15, 0.2) is 0 Å². The van der Waals surface area contributed by atoms with Crippen molar-refractivity contribution in [1.82, 2.24) is 5.32 Å². The first kappa shape index (κ1) is 11.8. The zero-order chi connectivity index (χ0) is 11.3. The van der Waals surface area contributed by atoms with Crippen molar-refractivity contribution in [2.45, 2.75) is 25.9 Å². The van der Waals surface area contributed by atoms with Crippen molar-refractivity contribution in [2.24, 2.45) is 0 Å². The van der Waals surface area contributed by atoms with Crippen molar-refractivity contribution in [3.05, 3.63) is 42.5 Å². The van der Waals surface area contributed by atoms with Gasteiger partial charge in [-0.15, -0.1) is 6.58 Å². The van der Waals surface area contributed by atoms with E-state index in [4.69, 9.17) is 4.74 Å². The molecule has 0 aliphatic heterocycles. The van der Waals surface area contributed by atoms with Gasteiger partial charge in [0.25, 0.3) is 0 Å². The van der Waals surface area contributed by atoms with Crippen molar-refractivity contribution < 1.29 is 4.74 Å². The van der Waals surface area contributed by atoms with Crippen LogP contribution >= 0.6 is 0 Å². The topological polar surface area (TPSA) is 21.3 Å². The van der Waals surface area contributed by atoms with Gasteiger partial charge in [0.2, 0.25) is 0 Å². The molecule has 1 aromatic rings. The Morgan fingerprint density at radius 1 is 1.33 bits per heavy atom. The molecule has 0 amide bonds. The minimum atomic E-state index is 0.258. The summed E-state index contributed by atoms with van der Waals surface area (Å²) in [5, 5.41) is 3.42. The van der Waals surface area contributed by atoms with Crippen LogP contribution in [0.1, 0.15) is 25.5 Å². The summed E-state index contributed by atoms with van der Waals surface area (Å²) in [6, 6.07) is 8.61. The molecule has 15 heavy (non-hydrogen) atoms. The molecule has 0 saturated heterocycles. The van der Waals surface area contributed by atoms with E-state index in [0.29, 0.717) is 6.04 Å². The molecule has 1 N–H and O–H groups in total. The van der Waals surface area contributed by atoms with E-state index < -0.39 is 0 Å². The molecule has 0 aliphatic carbocycles. The van der Waals surface area contributed by atoms with Crippen LogP contribution in [0.5, 0.6) is 5.75 Å². The third kappa shape index (κ3) is 3.10. The van der Waals surface area contributed by atoms with Gasteiger partial charge in [-0.3, -0.25) is 0 Å². The van der Waals surface area contributed by atoms with E-state index in [2.05, 4.69) is 31.8 Å². The second-order valence-corrected chi connectivity index (χ2v) is 3.65. The van der Waals surface area contributed by atoms with E-state index in [1.165, 1.54) is 5.56 Å². The zero-order valence-corrected chi connectivity index (χ0v) is 9.66. The number of para-hydroxylation sites is 1. The Bertz CT molecular complexity index is 322. The Morgan fingerprint density at radius 2 is 2.00 bits per heavy atom. The first-order valence-electron chi connectivity index (χ1n) is 5.20. The molecular formula is C13H19NO. The standard InChI is InChI=1S/C13H19NO/c1-5-10(2)14-11(3)12-8-6-7-9-13(12)15-4/h5-11,14H,1H2,2-4H3/t10?,11-/m1/s1. The molecule has 0 aliphatic rings. The summed E-state index contributed by atoms with van der Waals surface area (Å²) >= 11 is 0. The summed E-state index contributed by atoms with van der Waals surface area (Å²) in [6.45, 7) is 7.96. The summed E-state index contributed by atoms with van der Waals surface area (Å²) < 4.78 is 5.32. The van der Waals surface area contributed by atoms with E-state index in [1.54, 1.807) is 7.11 Å². The van der Waals surface area contributed by atoms with Gasteiger partial charge in [-0.25, -0.2) is 0 Å². The van der Waals surface area contributed by atoms with E-state index in [-0.39, 0.29) is 6.04 Å². The molecule has 0 saturated carbocycles. The molecule has 2 atom stereocenters. The van der Waals surface area contributed by atoms with Gasteiger partial charge < -0.3 is 10.1 Å². The van der Waals surface area contributed by atoms with Crippen LogP contribution in [0.4, 0.5) is 0 Å². The summed E-state index contributed by atoms with van der Waals surface area (Å²) in [7, 11) is 1.70. The average molecular weight is 205 g/mol. The lowest BCUT2D eigenvalue weighted by atomic mass is 10.1. The van der Waals surface area contributed by atoms with Crippen LogP contribution in [0.3, 0.4) is 0 Å². The Labute approximate surface area is 92.0 Å². The maximum absolute atomic E-state index is 5.32. The smallest absolute Gasteiger partial charge is 0.123 e. The number of methoxy groups -OCH3 is 1. The van der Waals surface area contributed by atoms with Crippen LogP contribution in [0.2, 0.25) is 0 Å². The maximum Gasteiger partial charge on any atom is 0.123 e. The quantitative estimate of drug-likeness (QED) is 0.746. The maximum atomic E-state index is 5.32. The lowest BCUT2D eigenvalue weighted by Gasteiger charge is -2.19. The molecule has 82 valence electrons. The van der Waals surface area contributed by atoms with Crippen LogP contribution in [0.15, 0.2) is 36.9 Å². The number of hydrogen-bond acceptors (Lipinski definition) is 2. The molecule has 1 unspecified atom stereocenters. The third-order valence-corrected chi connectivity index (χ3v) is 2.47. The highest BCUT2D eigenvalue weighted by molar-refractivity contribution is 5.35. The first-order chi connectivity index (χ1) is 7.19. The Hall–Kier alpha value is -1.28. The van der Waals surface area contributed by atoms with Crippen LogP contribution in [0, 0.1) is 0 Å². The number of nitrogens with one attached hydrogen (secondary N) is 1. The molecule has 0 radical (unpaired) electrons. The second kappa shape index (κ2) is 5.56. The summed E-state index contributed by atoms with van der Waals surface area (Å²) in [5.74, 6) is 0.925. The Morgan fingerprint density at radius 3 is 2.60 bits per heavy atom. The lowest BCUT2D eigenvalue weighted by Crippen LogP contribution is -2.27. The summed E-state index contributed by atoms with van der Waals surface area (Å²) in [6.07, 6.45) is 1.89. The molecule has 0 heterocycles.